The largest absolute Gasteiger partial charge is 0.480 e. The average Bonchev–Trinajstić information content (AvgIpc) is 2.68. The second-order valence-corrected chi connectivity index (χ2v) is 6.38. The molecule has 0 saturated heterocycles. The summed E-state index contributed by atoms with van der Waals surface area (Å²) in [6.07, 6.45) is 2.23. The van der Waals surface area contributed by atoms with Gasteiger partial charge in [-0.05, 0) is 12.5 Å². The van der Waals surface area contributed by atoms with Crippen molar-refractivity contribution in [1.29, 1.82) is 0 Å². The summed E-state index contributed by atoms with van der Waals surface area (Å²) in [4.78, 5) is 22.8. The molecule has 0 fully saturated rings. The van der Waals surface area contributed by atoms with Crippen molar-refractivity contribution >= 4 is 21.7 Å². The van der Waals surface area contributed by atoms with Gasteiger partial charge in [-0.1, -0.05) is 0 Å². The summed E-state index contributed by atoms with van der Waals surface area (Å²) in [5, 5.41) is 15.0. The van der Waals surface area contributed by atoms with Gasteiger partial charge in [0.15, 0.2) is 0 Å². The second-order valence-electron chi connectivity index (χ2n) is 4.12. The zero-order chi connectivity index (χ0) is 14.6. The van der Waals surface area contributed by atoms with Gasteiger partial charge in [0.2, 0.25) is 0 Å². The van der Waals surface area contributed by atoms with Crippen LogP contribution in [0, 0.1) is 0 Å². The van der Waals surface area contributed by atoms with E-state index in [-0.39, 0.29) is 17.9 Å². The number of aryl methyl sites for hydroxylation is 1. The second kappa shape index (κ2) is 5.83. The molecule has 1 unspecified atom stereocenters. The molecule has 0 radical (unpaired) electrons. The van der Waals surface area contributed by atoms with E-state index in [0.717, 1.165) is 6.26 Å². The predicted octanol–water partition coefficient (Wildman–Crippen LogP) is -0.962. The molecule has 1 amide bonds. The molecule has 1 heterocycles. The average molecular weight is 289 g/mol. The van der Waals surface area contributed by atoms with Crippen LogP contribution in [0.25, 0.3) is 0 Å². The Morgan fingerprint density at radius 2 is 2.16 bits per heavy atom. The number of nitrogens with one attached hydrogen (secondary N) is 1. The molecular formula is C10H15N3O5S. The summed E-state index contributed by atoms with van der Waals surface area (Å²) in [5.41, 5.74) is 0.200. The molecule has 1 aromatic rings. The van der Waals surface area contributed by atoms with Gasteiger partial charge in [-0.2, -0.15) is 5.10 Å². The fraction of sp³-hybridized carbons (Fsp3) is 0.500. The Kier molecular flexibility index (Phi) is 4.65. The SMILES string of the molecule is Cn1nccc1C(=O)NC(CCS(C)(=O)=O)C(=O)O. The first-order valence-corrected chi connectivity index (χ1v) is 7.46. The highest BCUT2D eigenvalue weighted by Crippen LogP contribution is 2.01. The maximum Gasteiger partial charge on any atom is 0.326 e. The standard InChI is InChI=1S/C10H15N3O5S/c1-13-8(3-5-11-13)9(14)12-7(10(15)16)4-6-19(2,17)18/h3,5,7H,4,6H2,1-2H3,(H,12,14)(H,15,16). The quantitative estimate of drug-likeness (QED) is 0.696. The monoisotopic (exact) mass is 289 g/mol. The number of carboxylic acids is 1. The fourth-order valence-corrected chi connectivity index (χ4v) is 2.08. The highest BCUT2D eigenvalue weighted by atomic mass is 32.2. The Labute approximate surface area is 110 Å². The molecule has 0 spiro atoms. The topological polar surface area (TPSA) is 118 Å². The van der Waals surface area contributed by atoms with Gasteiger partial charge in [-0.25, -0.2) is 13.2 Å². The van der Waals surface area contributed by atoms with Gasteiger partial charge in [0, 0.05) is 19.5 Å². The molecule has 19 heavy (non-hydrogen) atoms. The Balaban J connectivity index is 2.72. The van der Waals surface area contributed by atoms with Gasteiger partial charge in [-0.3, -0.25) is 9.48 Å². The van der Waals surface area contributed by atoms with Crippen LogP contribution < -0.4 is 5.32 Å². The van der Waals surface area contributed by atoms with Gasteiger partial charge in [0.05, 0.1) is 5.75 Å². The minimum atomic E-state index is -3.28. The Bertz CT molecular complexity index is 578. The first-order valence-electron chi connectivity index (χ1n) is 5.40. The van der Waals surface area contributed by atoms with Crippen molar-refractivity contribution in [3.8, 4) is 0 Å². The number of carboxylic acid groups (broad SMARTS) is 1. The third-order valence-electron chi connectivity index (χ3n) is 2.43. The lowest BCUT2D eigenvalue weighted by Gasteiger charge is -2.13. The van der Waals surface area contributed by atoms with E-state index in [1.54, 1.807) is 7.05 Å². The number of amides is 1. The van der Waals surface area contributed by atoms with Crippen molar-refractivity contribution < 1.29 is 23.1 Å². The molecule has 0 aromatic carbocycles. The first-order chi connectivity index (χ1) is 8.70. The van der Waals surface area contributed by atoms with E-state index in [1.807, 2.05) is 0 Å². The lowest BCUT2D eigenvalue weighted by atomic mass is 10.2. The summed E-state index contributed by atoms with van der Waals surface area (Å²) in [6, 6.07) is 0.183. The number of carbonyl (C=O) groups is 2. The van der Waals surface area contributed by atoms with Gasteiger partial charge >= 0.3 is 5.97 Å². The van der Waals surface area contributed by atoms with Crippen LogP contribution in [0.4, 0.5) is 0 Å². The molecule has 0 aliphatic heterocycles. The van der Waals surface area contributed by atoms with Crippen LogP contribution in [-0.4, -0.2) is 53.2 Å². The van der Waals surface area contributed by atoms with Crippen LogP contribution in [0.5, 0.6) is 0 Å². The molecule has 106 valence electrons. The number of rotatable bonds is 6. The molecule has 8 nitrogen and oxygen atoms in total. The van der Waals surface area contributed by atoms with Crippen LogP contribution >= 0.6 is 0 Å². The molecule has 0 bridgehead atoms. The highest BCUT2D eigenvalue weighted by molar-refractivity contribution is 7.90. The number of hydrogen-bond donors (Lipinski definition) is 2. The number of nitrogens with zero attached hydrogens (tertiary/aromatic N) is 2. The fourth-order valence-electron chi connectivity index (χ4n) is 1.42. The lowest BCUT2D eigenvalue weighted by molar-refractivity contribution is -0.139. The predicted molar refractivity (Wildman–Crippen MR) is 66.4 cm³/mol. The van der Waals surface area contributed by atoms with E-state index >= 15 is 0 Å². The Hall–Kier alpha value is -1.90. The van der Waals surface area contributed by atoms with Gasteiger partial charge in [0.25, 0.3) is 5.91 Å². The lowest BCUT2D eigenvalue weighted by Crippen LogP contribution is -2.42. The van der Waals surface area contributed by atoms with Crippen LogP contribution in [0.15, 0.2) is 12.3 Å². The van der Waals surface area contributed by atoms with Gasteiger partial charge < -0.3 is 10.4 Å². The van der Waals surface area contributed by atoms with E-state index in [2.05, 4.69) is 10.4 Å². The number of hydrogen-bond acceptors (Lipinski definition) is 5. The smallest absolute Gasteiger partial charge is 0.326 e. The van der Waals surface area contributed by atoms with E-state index in [9.17, 15) is 18.0 Å². The Morgan fingerprint density at radius 1 is 1.53 bits per heavy atom. The summed E-state index contributed by atoms with van der Waals surface area (Å²) in [6.45, 7) is 0. The number of sulfone groups is 1. The van der Waals surface area contributed by atoms with Crippen LogP contribution in [0.2, 0.25) is 0 Å². The van der Waals surface area contributed by atoms with E-state index in [1.165, 1.54) is 16.9 Å². The molecule has 0 aliphatic rings. The molecule has 1 aromatic heterocycles. The van der Waals surface area contributed by atoms with Gasteiger partial charge in [-0.15, -0.1) is 0 Å². The summed E-state index contributed by atoms with van der Waals surface area (Å²) < 4.78 is 23.3. The van der Waals surface area contributed by atoms with E-state index in [0.29, 0.717) is 0 Å². The van der Waals surface area contributed by atoms with Crippen LogP contribution in [-0.2, 0) is 21.7 Å². The Morgan fingerprint density at radius 3 is 2.58 bits per heavy atom. The normalized spacial score (nSPS) is 12.9. The van der Waals surface area contributed by atoms with Crippen LogP contribution in [0.1, 0.15) is 16.9 Å². The maximum atomic E-state index is 11.8. The molecule has 2 N–H and O–H groups in total. The molecule has 1 atom stereocenters. The number of aromatic nitrogens is 2. The highest BCUT2D eigenvalue weighted by Gasteiger charge is 2.23. The van der Waals surface area contributed by atoms with Crippen molar-refractivity contribution in [3.63, 3.8) is 0 Å². The first kappa shape index (κ1) is 15.2. The summed E-state index contributed by atoms with van der Waals surface area (Å²) in [5.74, 6) is -2.20. The molecule has 0 aliphatic carbocycles. The molecule has 9 heteroatoms. The van der Waals surface area contributed by atoms with Gasteiger partial charge in [0.1, 0.15) is 21.6 Å². The van der Waals surface area contributed by atoms with Crippen molar-refractivity contribution in [2.75, 3.05) is 12.0 Å². The number of carbonyl (C=O) groups excluding carboxylic acids is 1. The minimum absolute atomic E-state index is 0.183. The van der Waals surface area contributed by atoms with Crippen LogP contribution in [0.3, 0.4) is 0 Å². The molecular weight excluding hydrogens is 274 g/mol. The third kappa shape index (κ3) is 4.70. The molecule has 0 saturated carbocycles. The minimum Gasteiger partial charge on any atom is -0.480 e. The van der Waals surface area contributed by atoms with Crippen molar-refractivity contribution in [3.05, 3.63) is 18.0 Å². The van der Waals surface area contributed by atoms with E-state index in [4.69, 9.17) is 5.11 Å². The molecule has 1 rings (SSSR count). The van der Waals surface area contributed by atoms with Crippen molar-refractivity contribution in [1.82, 2.24) is 15.1 Å². The zero-order valence-corrected chi connectivity index (χ0v) is 11.3. The number of aliphatic carboxylic acids is 1. The summed E-state index contributed by atoms with van der Waals surface area (Å²) >= 11 is 0. The van der Waals surface area contributed by atoms with E-state index < -0.39 is 27.8 Å². The maximum absolute atomic E-state index is 11.8. The zero-order valence-electron chi connectivity index (χ0n) is 10.5. The summed E-state index contributed by atoms with van der Waals surface area (Å²) in [7, 11) is -1.74. The van der Waals surface area contributed by atoms with Crippen molar-refractivity contribution in [2.45, 2.75) is 12.5 Å². The van der Waals surface area contributed by atoms with Crippen molar-refractivity contribution in [2.24, 2.45) is 7.05 Å². The third-order valence-corrected chi connectivity index (χ3v) is 3.41.